The molecule has 0 amide bonds. The number of hydrogen-bond acceptors (Lipinski definition) is 4. The van der Waals surface area contributed by atoms with Crippen LogP contribution in [0, 0.1) is 0 Å². The second-order valence-electron chi connectivity index (χ2n) is 3.61. The maximum atomic E-state index is 13.2. The molecule has 0 heterocycles. The zero-order valence-corrected chi connectivity index (χ0v) is 9.20. The quantitative estimate of drug-likeness (QED) is 0.459. The lowest BCUT2D eigenvalue weighted by Crippen LogP contribution is -2.29. The Morgan fingerprint density at radius 1 is 1.47 bits per heavy atom. The number of ether oxygens (including phenoxy) is 1. The molecule has 1 saturated carbocycles. The zero-order valence-electron chi connectivity index (χ0n) is 9.20. The average Bonchev–Trinajstić information content (AvgIpc) is 2.22. The van der Waals surface area contributed by atoms with Gasteiger partial charge < -0.3 is 9.84 Å². The standard InChI is InChI=1S/C11H12F2O4/c1-2-17-9(15)3-7-4-11(12,13)5-8(6-14)10(7)16/h3,6,14H,2,4-5H2,1H3/b7-3+,8-6+. The van der Waals surface area contributed by atoms with E-state index in [1.807, 2.05) is 0 Å². The van der Waals surface area contributed by atoms with Crippen molar-refractivity contribution in [2.75, 3.05) is 6.61 Å². The van der Waals surface area contributed by atoms with E-state index >= 15 is 0 Å². The van der Waals surface area contributed by atoms with Crippen molar-refractivity contribution < 1.29 is 28.2 Å². The lowest BCUT2D eigenvalue weighted by atomic mass is 9.86. The Balaban J connectivity index is 2.98. The van der Waals surface area contributed by atoms with E-state index in [0.29, 0.717) is 6.26 Å². The molecule has 0 aromatic heterocycles. The third-order valence-electron chi connectivity index (χ3n) is 2.22. The molecule has 1 aliphatic rings. The molecule has 0 aromatic carbocycles. The average molecular weight is 246 g/mol. The van der Waals surface area contributed by atoms with Crippen molar-refractivity contribution in [3.05, 3.63) is 23.5 Å². The number of allylic oxidation sites excluding steroid dienone is 2. The number of alkyl halides is 2. The first kappa shape index (κ1) is 13.3. The summed E-state index contributed by atoms with van der Waals surface area (Å²) in [4.78, 5) is 22.6. The van der Waals surface area contributed by atoms with Crippen molar-refractivity contribution in [1.82, 2.24) is 0 Å². The number of carbonyl (C=O) groups is 2. The maximum Gasteiger partial charge on any atom is 0.331 e. The molecular formula is C11H12F2O4. The molecule has 1 aliphatic carbocycles. The Labute approximate surface area is 96.6 Å². The molecule has 0 radical (unpaired) electrons. The molecule has 17 heavy (non-hydrogen) atoms. The van der Waals surface area contributed by atoms with Crippen LogP contribution in [0.2, 0.25) is 0 Å². The van der Waals surface area contributed by atoms with E-state index in [1.165, 1.54) is 0 Å². The van der Waals surface area contributed by atoms with E-state index in [4.69, 9.17) is 5.11 Å². The van der Waals surface area contributed by atoms with E-state index in [0.717, 1.165) is 6.08 Å². The number of Topliss-reactive ketones (excluding diaryl/α,β-unsaturated/α-hetero) is 1. The first-order valence-electron chi connectivity index (χ1n) is 5.02. The van der Waals surface area contributed by atoms with E-state index < -0.39 is 36.1 Å². The molecule has 0 spiro atoms. The predicted octanol–water partition coefficient (Wildman–Crippen LogP) is 1.92. The highest BCUT2D eigenvalue weighted by molar-refractivity contribution is 6.11. The Morgan fingerprint density at radius 2 is 2.06 bits per heavy atom. The molecule has 0 atom stereocenters. The lowest BCUT2D eigenvalue weighted by molar-refractivity contribution is -0.137. The van der Waals surface area contributed by atoms with Crippen LogP contribution < -0.4 is 0 Å². The largest absolute Gasteiger partial charge is 0.515 e. The predicted molar refractivity (Wildman–Crippen MR) is 54.6 cm³/mol. The molecular weight excluding hydrogens is 234 g/mol. The van der Waals surface area contributed by atoms with Gasteiger partial charge in [0.15, 0.2) is 5.78 Å². The minimum atomic E-state index is -3.14. The SMILES string of the molecule is CCOC(=O)/C=C1\CC(F)(F)C/C(=C\O)C1=O. The highest BCUT2D eigenvalue weighted by atomic mass is 19.3. The smallest absolute Gasteiger partial charge is 0.331 e. The molecule has 1 fully saturated rings. The van der Waals surface area contributed by atoms with Crippen LogP contribution in [0.5, 0.6) is 0 Å². The van der Waals surface area contributed by atoms with Gasteiger partial charge in [-0.2, -0.15) is 0 Å². The van der Waals surface area contributed by atoms with Gasteiger partial charge in [-0.25, -0.2) is 13.6 Å². The number of rotatable bonds is 2. The summed E-state index contributed by atoms with van der Waals surface area (Å²) in [6, 6.07) is 0. The van der Waals surface area contributed by atoms with E-state index in [2.05, 4.69) is 4.74 Å². The van der Waals surface area contributed by atoms with Gasteiger partial charge in [0.25, 0.3) is 5.92 Å². The van der Waals surface area contributed by atoms with E-state index in [1.54, 1.807) is 6.92 Å². The molecule has 0 saturated heterocycles. The Kier molecular flexibility index (Phi) is 3.98. The maximum absolute atomic E-state index is 13.2. The second-order valence-corrected chi connectivity index (χ2v) is 3.61. The topological polar surface area (TPSA) is 63.6 Å². The summed E-state index contributed by atoms with van der Waals surface area (Å²) in [5.74, 6) is -4.72. The number of aliphatic hydroxyl groups is 1. The second kappa shape index (κ2) is 5.07. The summed E-state index contributed by atoms with van der Waals surface area (Å²) in [5.41, 5.74) is -0.753. The Bertz CT molecular complexity index is 396. The molecule has 1 rings (SSSR count). The molecule has 4 nitrogen and oxygen atoms in total. The van der Waals surface area contributed by atoms with Crippen molar-refractivity contribution >= 4 is 11.8 Å². The fraction of sp³-hybridized carbons (Fsp3) is 0.455. The number of aliphatic hydroxyl groups excluding tert-OH is 1. The minimum absolute atomic E-state index is 0.0931. The number of esters is 1. The van der Waals surface area contributed by atoms with Gasteiger partial charge in [-0.3, -0.25) is 4.79 Å². The fourth-order valence-electron chi connectivity index (χ4n) is 1.53. The van der Waals surface area contributed by atoms with Crippen LogP contribution in [0.4, 0.5) is 8.78 Å². The summed E-state index contributed by atoms with van der Waals surface area (Å²) >= 11 is 0. The molecule has 1 N–H and O–H groups in total. The summed E-state index contributed by atoms with van der Waals surface area (Å²) in [5, 5.41) is 8.69. The Hall–Kier alpha value is -1.72. The van der Waals surface area contributed by atoms with Crippen LogP contribution in [0.3, 0.4) is 0 Å². The molecule has 0 aliphatic heterocycles. The monoisotopic (exact) mass is 246 g/mol. The van der Waals surface area contributed by atoms with Gasteiger partial charge in [0.2, 0.25) is 0 Å². The molecule has 6 heteroatoms. The number of halogens is 2. The van der Waals surface area contributed by atoms with Gasteiger partial charge in [-0.15, -0.1) is 0 Å². The third kappa shape index (κ3) is 3.37. The Morgan fingerprint density at radius 3 is 2.59 bits per heavy atom. The van der Waals surface area contributed by atoms with E-state index in [9.17, 15) is 18.4 Å². The van der Waals surface area contributed by atoms with Crippen molar-refractivity contribution in [3.8, 4) is 0 Å². The van der Waals surface area contributed by atoms with Crippen LogP contribution in [0.1, 0.15) is 19.8 Å². The van der Waals surface area contributed by atoms with Gasteiger partial charge in [0, 0.05) is 30.1 Å². The lowest BCUT2D eigenvalue weighted by Gasteiger charge is -2.24. The first-order valence-corrected chi connectivity index (χ1v) is 5.02. The summed E-state index contributed by atoms with van der Waals surface area (Å²) in [6.45, 7) is 1.66. The summed E-state index contributed by atoms with van der Waals surface area (Å²) < 4.78 is 30.9. The summed E-state index contributed by atoms with van der Waals surface area (Å²) in [6.07, 6.45) is -0.527. The van der Waals surface area contributed by atoms with Crippen molar-refractivity contribution in [1.29, 1.82) is 0 Å². The van der Waals surface area contributed by atoms with Gasteiger partial charge in [-0.05, 0) is 6.92 Å². The number of hydrogen-bond donors (Lipinski definition) is 1. The van der Waals surface area contributed by atoms with Gasteiger partial charge in [0.1, 0.15) is 0 Å². The number of ketones is 1. The van der Waals surface area contributed by atoms with Crippen molar-refractivity contribution in [2.24, 2.45) is 0 Å². The molecule has 94 valence electrons. The van der Waals surface area contributed by atoms with Crippen LogP contribution in [0.25, 0.3) is 0 Å². The zero-order chi connectivity index (χ0) is 13.1. The normalized spacial score (nSPS) is 24.1. The van der Waals surface area contributed by atoms with Crippen LogP contribution >= 0.6 is 0 Å². The van der Waals surface area contributed by atoms with Gasteiger partial charge >= 0.3 is 5.97 Å². The first-order chi connectivity index (χ1) is 7.89. The highest BCUT2D eigenvalue weighted by Gasteiger charge is 2.41. The van der Waals surface area contributed by atoms with Crippen LogP contribution in [-0.2, 0) is 14.3 Å². The van der Waals surface area contributed by atoms with Crippen molar-refractivity contribution in [3.63, 3.8) is 0 Å². The molecule has 0 aromatic rings. The van der Waals surface area contributed by atoms with Crippen LogP contribution in [0.15, 0.2) is 23.5 Å². The van der Waals surface area contributed by atoms with Gasteiger partial charge in [-0.1, -0.05) is 0 Å². The molecule has 0 bridgehead atoms. The van der Waals surface area contributed by atoms with Crippen LogP contribution in [-0.4, -0.2) is 29.4 Å². The minimum Gasteiger partial charge on any atom is -0.515 e. The molecule has 0 unspecified atom stereocenters. The van der Waals surface area contributed by atoms with E-state index in [-0.39, 0.29) is 12.2 Å². The highest BCUT2D eigenvalue weighted by Crippen LogP contribution is 2.37. The fourth-order valence-corrected chi connectivity index (χ4v) is 1.53. The van der Waals surface area contributed by atoms with Gasteiger partial charge in [0.05, 0.1) is 12.9 Å². The van der Waals surface area contributed by atoms with Crippen molar-refractivity contribution in [2.45, 2.75) is 25.7 Å². The summed E-state index contributed by atoms with van der Waals surface area (Å²) in [7, 11) is 0. The number of carbonyl (C=O) groups excluding carboxylic acids is 2. The third-order valence-corrected chi connectivity index (χ3v) is 2.22.